The maximum atomic E-state index is 9.21. The number of rotatable bonds is 2. The summed E-state index contributed by atoms with van der Waals surface area (Å²) in [6.07, 6.45) is 1.66. The Morgan fingerprint density at radius 1 is 1.09 bits per heavy atom. The first kappa shape index (κ1) is 7.53. The van der Waals surface area contributed by atoms with Gasteiger partial charge in [0.15, 0.2) is 0 Å². The van der Waals surface area contributed by atoms with Crippen LogP contribution in [-0.4, -0.2) is 47.0 Å². The van der Waals surface area contributed by atoms with Gasteiger partial charge in [-0.15, -0.1) is 0 Å². The molecule has 0 aromatic carbocycles. The highest BCUT2D eigenvalue weighted by atomic mass is 16.3. The summed E-state index contributed by atoms with van der Waals surface area (Å²) in [4.78, 5) is 2.16. The van der Waals surface area contributed by atoms with Gasteiger partial charge in [0.1, 0.15) is 0 Å². The standard InChI is InChI=1S/C8H15NO2/c10-7-4-9(5-8(7)11)3-6-1-2-6/h6-8,10-11H,1-5H2/t7-,8+. The summed E-state index contributed by atoms with van der Waals surface area (Å²) in [5.74, 6) is 0.854. The van der Waals surface area contributed by atoms with E-state index in [4.69, 9.17) is 0 Å². The Morgan fingerprint density at radius 2 is 1.64 bits per heavy atom. The zero-order valence-corrected chi connectivity index (χ0v) is 6.61. The average molecular weight is 157 g/mol. The van der Waals surface area contributed by atoms with Crippen LogP contribution in [0.1, 0.15) is 12.8 Å². The number of hydrogen-bond donors (Lipinski definition) is 2. The topological polar surface area (TPSA) is 43.7 Å². The van der Waals surface area contributed by atoms with E-state index in [1.54, 1.807) is 0 Å². The number of aliphatic hydroxyl groups is 2. The van der Waals surface area contributed by atoms with Gasteiger partial charge in [0.05, 0.1) is 12.2 Å². The second-order valence-corrected chi connectivity index (χ2v) is 3.80. The molecular weight excluding hydrogens is 142 g/mol. The lowest BCUT2D eigenvalue weighted by atomic mass is 10.3. The Kier molecular flexibility index (Phi) is 1.87. The fourth-order valence-corrected chi connectivity index (χ4v) is 1.66. The molecule has 1 saturated carbocycles. The highest BCUT2D eigenvalue weighted by Crippen LogP contribution is 2.30. The molecule has 1 aliphatic carbocycles. The number of aliphatic hydroxyl groups excluding tert-OH is 2. The predicted octanol–water partition coefficient (Wildman–Crippen LogP) is -0.566. The molecule has 0 bridgehead atoms. The van der Waals surface area contributed by atoms with Gasteiger partial charge in [-0.25, -0.2) is 0 Å². The minimum absolute atomic E-state index is 0.506. The molecule has 2 fully saturated rings. The van der Waals surface area contributed by atoms with Crippen molar-refractivity contribution in [1.29, 1.82) is 0 Å². The van der Waals surface area contributed by atoms with Gasteiger partial charge in [-0.1, -0.05) is 0 Å². The molecule has 11 heavy (non-hydrogen) atoms. The van der Waals surface area contributed by atoms with Crippen LogP contribution in [0.25, 0.3) is 0 Å². The van der Waals surface area contributed by atoms with E-state index in [-0.39, 0.29) is 0 Å². The van der Waals surface area contributed by atoms with Crippen molar-refractivity contribution >= 4 is 0 Å². The van der Waals surface area contributed by atoms with Gasteiger partial charge in [0.25, 0.3) is 0 Å². The molecule has 2 N–H and O–H groups in total. The van der Waals surface area contributed by atoms with Crippen molar-refractivity contribution in [3.63, 3.8) is 0 Å². The molecule has 2 atom stereocenters. The van der Waals surface area contributed by atoms with Crippen LogP contribution in [0.2, 0.25) is 0 Å². The van der Waals surface area contributed by atoms with Gasteiger partial charge in [0.2, 0.25) is 0 Å². The molecule has 1 saturated heterocycles. The van der Waals surface area contributed by atoms with E-state index >= 15 is 0 Å². The average Bonchev–Trinajstić information content (AvgIpc) is 2.65. The lowest BCUT2D eigenvalue weighted by molar-refractivity contribution is 0.0572. The fraction of sp³-hybridized carbons (Fsp3) is 1.00. The second-order valence-electron chi connectivity index (χ2n) is 3.80. The van der Waals surface area contributed by atoms with Gasteiger partial charge >= 0.3 is 0 Å². The van der Waals surface area contributed by atoms with E-state index in [0.29, 0.717) is 13.1 Å². The van der Waals surface area contributed by atoms with Crippen LogP contribution < -0.4 is 0 Å². The zero-order chi connectivity index (χ0) is 7.84. The zero-order valence-electron chi connectivity index (χ0n) is 6.61. The Labute approximate surface area is 66.6 Å². The summed E-state index contributed by atoms with van der Waals surface area (Å²) < 4.78 is 0. The van der Waals surface area contributed by atoms with Crippen molar-refractivity contribution in [2.75, 3.05) is 19.6 Å². The van der Waals surface area contributed by atoms with Gasteiger partial charge < -0.3 is 10.2 Å². The first-order valence-electron chi connectivity index (χ1n) is 4.34. The summed E-state index contributed by atoms with van der Waals surface area (Å²) in [7, 11) is 0. The van der Waals surface area contributed by atoms with Gasteiger partial charge in [-0.05, 0) is 18.8 Å². The monoisotopic (exact) mass is 157 g/mol. The van der Waals surface area contributed by atoms with Crippen LogP contribution in [0.15, 0.2) is 0 Å². The van der Waals surface area contributed by atoms with E-state index in [0.717, 1.165) is 12.5 Å². The number of likely N-dealkylation sites (tertiary alicyclic amines) is 1. The molecule has 2 rings (SSSR count). The van der Waals surface area contributed by atoms with Crippen LogP contribution in [0.4, 0.5) is 0 Å². The molecular formula is C8H15NO2. The van der Waals surface area contributed by atoms with Gasteiger partial charge in [-0.3, -0.25) is 4.90 Å². The number of β-amino-alcohol motifs (C(OH)–C–C–N with tert-alkyl or cyclic N) is 2. The minimum atomic E-state index is -0.506. The quantitative estimate of drug-likeness (QED) is 0.564. The van der Waals surface area contributed by atoms with E-state index in [1.165, 1.54) is 12.8 Å². The third-order valence-electron chi connectivity index (χ3n) is 2.55. The number of hydrogen-bond acceptors (Lipinski definition) is 3. The number of nitrogens with zero attached hydrogens (tertiary/aromatic N) is 1. The molecule has 1 heterocycles. The minimum Gasteiger partial charge on any atom is -0.389 e. The van der Waals surface area contributed by atoms with Crippen molar-refractivity contribution in [2.24, 2.45) is 5.92 Å². The van der Waals surface area contributed by atoms with Crippen LogP contribution in [0, 0.1) is 5.92 Å². The van der Waals surface area contributed by atoms with E-state index in [1.807, 2.05) is 0 Å². The van der Waals surface area contributed by atoms with E-state index < -0.39 is 12.2 Å². The van der Waals surface area contributed by atoms with Crippen LogP contribution in [0.5, 0.6) is 0 Å². The summed E-state index contributed by atoms with van der Waals surface area (Å²) in [6.45, 7) is 2.41. The first-order chi connectivity index (χ1) is 5.25. The van der Waals surface area contributed by atoms with Crippen molar-refractivity contribution in [2.45, 2.75) is 25.0 Å². The van der Waals surface area contributed by atoms with Crippen LogP contribution in [0.3, 0.4) is 0 Å². The maximum Gasteiger partial charge on any atom is 0.0938 e. The molecule has 2 aliphatic rings. The predicted molar refractivity (Wildman–Crippen MR) is 41.2 cm³/mol. The lowest BCUT2D eigenvalue weighted by Gasteiger charge is -2.12. The van der Waals surface area contributed by atoms with Crippen molar-refractivity contribution in [3.05, 3.63) is 0 Å². The second kappa shape index (κ2) is 2.73. The Morgan fingerprint density at radius 3 is 2.09 bits per heavy atom. The third kappa shape index (κ3) is 1.72. The van der Waals surface area contributed by atoms with Crippen molar-refractivity contribution < 1.29 is 10.2 Å². The van der Waals surface area contributed by atoms with Crippen molar-refractivity contribution in [3.8, 4) is 0 Å². The van der Waals surface area contributed by atoms with Gasteiger partial charge in [-0.2, -0.15) is 0 Å². The Hall–Kier alpha value is -0.120. The molecule has 0 unspecified atom stereocenters. The van der Waals surface area contributed by atoms with Crippen LogP contribution >= 0.6 is 0 Å². The summed E-state index contributed by atoms with van der Waals surface area (Å²) in [5, 5.41) is 18.4. The van der Waals surface area contributed by atoms with E-state index in [2.05, 4.69) is 4.90 Å². The largest absolute Gasteiger partial charge is 0.389 e. The maximum absolute atomic E-state index is 9.21. The molecule has 0 aromatic rings. The smallest absolute Gasteiger partial charge is 0.0938 e. The molecule has 0 radical (unpaired) electrons. The molecule has 64 valence electrons. The van der Waals surface area contributed by atoms with E-state index in [9.17, 15) is 10.2 Å². The van der Waals surface area contributed by atoms with Gasteiger partial charge in [0, 0.05) is 19.6 Å². The first-order valence-corrected chi connectivity index (χ1v) is 4.34. The normalized spacial score (nSPS) is 39.8. The summed E-state index contributed by atoms with van der Waals surface area (Å²) in [5.41, 5.74) is 0. The fourth-order valence-electron chi connectivity index (χ4n) is 1.66. The molecule has 0 spiro atoms. The Balaban J connectivity index is 1.78. The molecule has 0 aromatic heterocycles. The molecule has 0 amide bonds. The van der Waals surface area contributed by atoms with Crippen LogP contribution in [-0.2, 0) is 0 Å². The molecule has 3 nitrogen and oxygen atoms in total. The molecule has 1 aliphatic heterocycles. The van der Waals surface area contributed by atoms with Crippen molar-refractivity contribution in [1.82, 2.24) is 4.90 Å². The SMILES string of the molecule is O[C@@H]1CN(CC2CC2)C[C@@H]1O. The molecule has 3 heteroatoms. The highest BCUT2D eigenvalue weighted by Gasteiger charge is 2.33. The summed E-state index contributed by atoms with van der Waals surface area (Å²) in [6, 6.07) is 0. The third-order valence-corrected chi connectivity index (χ3v) is 2.55. The summed E-state index contributed by atoms with van der Waals surface area (Å²) >= 11 is 0. The highest BCUT2D eigenvalue weighted by molar-refractivity contribution is 4.86. The lowest BCUT2D eigenvalue weighted by Crippen LogP contribution is -2.24. The Bertz CT molecular complexity index is 134.